The van der Waals surface area contributed by atoms with Gasteiger partial charge in [0.15, 0.2) is 9.84 Å². The fourth-order valence-electron chi connectivity index (χ4n) is 2.45. The van der Waals surface area contributed by atoms with Crippen LogP contribution in [0.4, 0.5) is 5.69 Å². The first-order chi connectivity index (χ1) is 9.67. The molecule has 0 bridgehead atoms. The molecule has 1 aliphatic rings. The Kier molecular flexibility index (Phi) is 4.23. The van der Waals surface area contributed by atoms with E-state index in [1.54, 1.807) is 6.08 Å². The second kappa shape index (κ2) is 5.64. The summed E-state index contributed by atoms with van der Waals surface area (Å²) in [4.78, 5) is 12.1. The van der Waals surface area contributed by atoms with Crippen molar-refractivity contribution in [3.8, 4) is 0 Å². The molecule has 4 nitrogen and oxygen atoms in total. The molecule has 1 aromatic rings. The van der Waals surface area contributed by atoms with Gasteiger partial charge in [-0.2, -0.15) is 0 Å². The maximum atomic E-state index is 12.1. The van der Waals surface area contributed by atoms with Crippen LogP contribution < -0.4 is 5.32 Å². The van der Waals surface area contributed by atoms with Crippen molar-refractivity contribution in [2.75, 3.05) is 11.1 Å². The lowest BCUT2D eigenvalue weighted by Crippen LogP contribution is -2.21. The number of anilines is 1. The second-order valence-corrected chi connectivity index (χ2v) is 8.40. The molecule has 21 heavy (non-hydrogen) atoms. The average Bonchev–Trinajstić information content (AvgIpc) is 2.67. The number of nitrogens with one attached hydrogen (secondary N) is 1. The Labute approximate surface area is 126 Å². The SMILES string of the molecule is CC(C)(C)c1ccccc1NC(=O)CC1C=CS(=O)(=O)C1. The van der Waals surface area contributed by atoms with Crippen LogP contribution in [-0.2, 0) is 20.0 Å². The number of hydrogen-bond donors (Lipinski definition) is 1. The molecule has 1 aromatic carbocycles. The first-order valence-corrected chi connectivity index (χ1v) is 8.69. The van der Waals surface area contributed by atoms with Crippen LogP contribution in [0.15, 0.2) is 35.7 Å². The van der Waals surface area contributed by atoms with Gasteiger partial charge in [-0.15, -0.1) is 0 Å². The third-order valence-electron chi connectivity index (χ3n) is 3.46. The van der Waals surface area contributed by atoms with Gasteiger partial charge in [-0.05, 0) is 17.0 Å². The number of amides is 1. The van der Waals surface area contributed by atoms with E-state index in [4.69, 9.17) is 0 Å². The van der Waals surface area contributed by atoms with Crippen molar-refractivity contribution in [3.63, 3.8) is 0 Å². The highest BCUT2D eigenvalue weighted by Gasteiger charge is 2.24. The molecule has 114 valence electrons. The van der Waals surface area contributed by atoms with Crippen LogP contribution in [0.1, 0.15) is 32.8 Å². The molecule has 1 N–H and O–H groups in total. The molecule has 1 aliphatic heterocycles. The highest BCUT2D eigenvalue weighted by molar-refractivity contribution is 7.94. The molecule has 0 aromatic heterocycles. The van der Waals surface area contributed by atoms with Gasteiger partial charge in [0.05, 0.1) is 5.75 Å². The van der Waals surface area contributed by atoms with Crippen LogP contribution in [0, 0.1) is 5.92 Å². The minimum atomic E-state index is -3.11. The first-order valence-electron chi connectivity index (χ1n) is 6.98. The zero-order valence-electron chi connectivity index (χ0n) is 12.6. The molecule has 0 fully saturated rings. The van der Waals surface area contributed by atoms with Crippen molar-refractivity contribution >= 4 is 21.4 Å². The Hall–Kier alpha value is -1.62. The van der Waals surface area contributed by atoms with Gasteiger partial charge in [-0.1, -0.05) is 45.0 Å². The van der Waals surface area contributed by atoms with Gasteiger partial charge in [0.1, 0.15) is 0 Å². The molecule has 1 heterocycles. The summed E-state index contributed by atoms with van der Waals surface area (Å²) in [6, 6.07) is 7.70. The topological polar surface area (TPSA) is 63.2 Å². The van der Waals surface area contributed by atoms with Crippen LogP contribution in [0.2, 0.25) is 0 Å². The van der Waals surface area contributed by atoms with Crippen molar-refractivity contribution in [1.82, 2.24) is 0 Å². The summed E-state index contributed by atoms with van der Waals surface area (Å²) in [6.45, 7) is 6.26. The maximum Gasteiger partial charge on any atom is 0.225 e. The van der Waals surface area contributed by atoms with E-state index in [0.29, 0.717) is 0 Å². The number of carbonyl (C=O) groups excluding carboxylic acids is 1. The van der Waals surface area contributed by atoms with Crippen molar-refractivity contribution in [1.29, 1.82) is 0 Å². The van der Waals surface area contributed by atoms with Crippen molar-refractivity contribution < 1.29 is 13.2 Å². The van der Waals surface area contributed by atoms with E-state index in [2.05, 4.69) is 26.1 Å². The number of para-hydroxylation sites is 1. The summed E-state index contributed by atoms with van der Waals surface area (Å²) in [6.07, 6.45) is 1.79. The standard InChI is InChI=1S/C16H21NO3S/c1-16(2,3)13-6-4-5-7-14(13)17-15(18)10-12-8-9-21(19,20)11-12/h4-9,12H,10-11H2,1-3H3,(H,17,18). The summed E-state index contributed by atoms with van der Waals surface area (Å²) in [7, 11) is -3.11. The highest BCUT2D eigenvalue weighted by Crippen LogP contribution is 2.29. The minimum absolute atomic E-state index is 0.0291. The molecule has 0 saturated heterocycles. The molecule has 0 radical (unpaired) electrons. The number of carbonyl (C=O) groups is 1. The molecule has 1 amide bonds. The smallest absolute Gasteiger partial charge is 0.225 e. The number of sulfone groups is 1. The fourth-order valence-corrected chi connectivity index (χ4v) is 3.85. The van der Waals surface area contributed by atoms with Gasteiger partial charge in [-0.3, -0.25) is 4.79 Å². The summed E-state index contributed by atoms with van der Waals surface area (Å²) < 4.78 is 22.7. The minimum Gasteiger partial charge on any atom is -0.326 e. The number of benzene rings is 1. The van der Waals surface area contributed by atoms with E-state index in [0.717, 1.165) is 11.3 Å². The van der Waals surface area contributed by atoms with Crippen LogP contribution in [0.5, 0.6) is 0 Å². The predicted molar refractivity (Wildman–Crippen MR) is 84.8 cm³/mol. The number of rotatable bonds is 3. The highest BCUT2D eigenvalue weighted by atomic mass is 32.2. The van der Waals surface area contributed by atoms with Crippen LogP contribution >= 0.6 is 0 Å². The third-order valence-corrected chi connectivity index (χ3v) is 4.93. The van der Waals surface area contributed by atoms with Gasteiger partial charge in [0.25, 0.3) is 0 Å². The zero-order valence-corrected chi connectivity index (χ0v) is 13.4. The lowest BCUT2D eigenvalue weighted by molar-refractivity contribution is -0.116. The molecule has 0 aliphatic carbocycles. The normalized spacial score (nSPS) is 20.4. The first kappa shape index (κ1) is 15.8. The summed E-state index contributed by atoms with van der Waals surface area (Å²) in [5, 5.41) is 4.11. The van der Waals surface area contributed by atoms with Gasteiger partial charge in [-0.25, -0.2) is 8.42 Å². The Morgan fingerprint density at radius 3 is 2.52 bits per heavy atom. The molecule has 2 rings (SSSR count). The Morgan fingerprint density at radius 1 is 1.29 bits per heavy atom. The number of hydrogen-bond acceptors (Lipinski definition) is 3. The Bertz CT molecular complexity index is 669. The molecule has 5 heteroatoms. The zero-order chi connectivity index (χ0) is 15.7. The van der Waals surface area contributed by atoms with Crippen LogP contribution in [0.3, 0.4) is 0 Å². The summed E-state index contributed by atoms with van der Waals surface area (Å²) in [5.74, 6) is -0.350. The molecular formula is C16H21NO3S. The van der Waals surface area contributed by atoms with Gasteiger partial charge < -0.3 is 5.32 Å². The maximum absolute atomic E-state index is 12.1. The van der Waals surface area contributed by atoms with Gasteiger partial charge in [0, 0.05) is 23.4 Å². The van der Waals surface area contributed by atoms with Crippen molar-refractivity contribution in [2.24, 2.45) is 5.92 Å². The van der Waals surface area contributed by atoms with Crippen LogP contribution in [0.25, 0.3) is 0 Å². The molecule has 1 atom stereocenters. The molecular weight excluding hydrogens is 286 g/mol. The van der Waals surface area contributed by atoms with Crippen molar-refractivity contribution in [2.45, 2.75) is 32.6 Å². The van der Waals surface area contributed by atoms with E-state index in [-0.39, 0.29) is 29.4 Å². The van der Waals surface area contributed by atoms with Gasteiger partial charge in [0.2, 0.25) is 5.91 Å². The van der Waals surface area contributed by atoms with E-state index in [9.17, 15) is 13.2 Å². The lowest BCUT2D eigenvalue weighted by Gasteiger charge is -2.23. The van der Waals surface area contributed by atoms with E-state index in [1.807, 2.05) is 24.3 Å². The van der Waals surface area contributed by atoms with Crippen molar-refractivity contribution in [3.05, 3.63) is 41.3 Å². The van der Waals surface area contributed by atoms with E-state index in [1.165, 1.54) is 5.41 Å². The average molecular weight is 307 g/mol. The van der Waals surface area contributed by atoms with E-state index >= 15 is 0 Å². The van der Waals surface area contributed by atoms with Gasteiger partial charge >= 0.3 is 0 Å². The quantitative estimate of drug-likeness (QED) is 0.934. The number of allylic oxidation sites excluding steroid dienone is 1. The molecule has 0 saturated carbocycles. The fraction of sp³-hybridized carbons (Fsp3) is 0.438. The van der Waals surface area contributed by atoms with E-state index < -0.39 is 9.84 Å². The monoisotopic (exact) mass is 307 g/mol. The summed E-state index contributed by atoms with van der Waals surface area (Å²) >= 11 is 0. The molecule has 1 unspecified atom stereocenters. The predicted octanol–water partition coefficient (Wildman–Crippen LogP) is 2.87. The summed E-state index contributed by atoms with van der Waals surface area (Å²) in [5.41, 5.74) is 1.79. The Morgan fingerprint density at radius 2 is 1.95 bits per heavy atom. The second-order valence-electron chi connectivity index (χ2n) is 6.47. The molecule has 0 spiro atoms. The van der Waals surface area contributed by atoms with Crippen LogP contribution in [-0.4, -0.2) is 20.1 Å². The lowest BCUT2D eigenvalue weighted by atomic mass is 9.86. The largest absolute Gasteiger partial charge is 0.326 e. The third kappa shape index (κ3) is 4.17. The Balaban J connectivity index is 2.06.